The van der Waals surface area contributed by atoms with E-state index in [1.165, 1.54) is 116 Å². The maximum Gasteiger partial charge on any atom is 0.266 e. The summed E-state index contributed by atoms with van der Waals surface area (Å²) in [6.07, 6.45) is 35.0. The largest absolute Gasteiger partial charge is 0.391 e. The van der Waals surface area contributed by atoms with Crippen LogP contribution in [0.5, 0.6) is 0 Å². The van der Waals surface area contributed by atoms with Gasteiger partial charge in [-0.25, -0.2) is 0 Å². The van der Waals surface area contributed by atoms with Crippen molar-refractivity contribution in [1.29, 1.82) is 0 Å². The second-order valence-electron chi connectivity index (χ2n) is 13.0. The van der Waals surface area contributed by atoms with Gasteiger partial charge in [0.2, 0.25) is 5.91 Å². The van der Waals surface area contributed by atoms with Crippen LogP contribution in [0.15, 0.2) is 24.3 Å². The maximum atomic E-state index is 12.5. The Kier molecular flexibility index (Phi) is 30.5. The highest BCUT2D eigenvalue weighted by molar-refractivity contribution is 7.85. The summed E-state index contributed by atoms with van der Waals surface area (Å²) in [4.78, 5) is 12.5. The minimum absolute atomic E-state index is 0.0882. The molecule has 0 spiro atoms. The summed E-state index contributed by atoms with van der Waals surface area (Å²) in [6, 6.07) is -1.17. The molecule has 8 heteroatoms. The first-order chi connectivity index (χ1) is 21.7. The zero-order valence-electron chi connectivity index (χ0n) is 29.1. The molecule has 0 rings (SSSR count). The average Bonchev–Trinajstić information content (AvgIpc) is 3.00. The van der Waals surface area contributed by atoms with Gasteiger partial charge in [-0.3, -0.25) is 9.35 Å². The van der Waals surface area contributed by atoms with E-state index in [1.54, 1.807) is 6.08 Å². The van der Waals surface area contributed by atoms with Gasteiger partial charge < -0.3 is 15.5 Å². The molecule has 0 aliphatic carbocycles. The molecule has 0 aliphatic rings. The summed E-state index contributed by atoms with van der Waals surface area (Å²) in [5, 5.41) is 23.3. The van der Waals surface area contributed by atoms with Crippen LogP contribution in [0.3, 0.4) is 0 Å². The van der Waals surface area contributed by atoms with Crippen LogP contribution in [-0.4, -0.2) is 53.1 Å². The Morgan fingerprint density at radius 1 is 0.622 bits per heavy atom. The van der Waals surface area contributed by atoms with E-state index in [1.807, 2.05) is 6.08 Å². The first-order valence-corrected chi connectivity index (χ1v) is 20.2. The standard InChI is InChI=1S/C37H71NO6S/c1-3-5-7-9-11-13-15-17-18-19-20-22-23-25-27-29-31-35(39)34(33-45(42,43)44)38-37(41)36(40)32-30-28-26-24-21-16-14-12-10-8-6-4-2/h21,24,28,30,34-36,39-40H,3-20,22-23,25-27,29,31-33H2,1-2H3,(H,38,41)(H,42,43,44)/b24-21-,30-28-. The van der Waals surface area contributed by atoms with Crippen molar-refractivity contribution >= 4 is 16.0 Å². The van der Waals surface area contributed by atoms with Crippen LogP contribution in [0.1, 0.15) is 181 Å². The summed E-state index contributed by atoms with van der Waals surface area (Å²) < 4.78 is 32.4. The fourth-order valence-corrected chi connectivity index (χ4v) is 6.38. The molecular formula is C37H71NO6S. The summed E-state index contributed by atoms with van der Waals surface area (Å²) in [6.45, 7) is 4.47. The third kappa shape index (κ3) is 31.2. The van der Waals surface area contributed by atoms with Gasteiger partial charge in [-0.2, -0.15) is 8.42 Å². The molecule has 0 fully saturated rings. The fraction of sp³-hybridized carbons (Fsp3) is 0.865. The second kappa shape index (κ2) is 31.4. The molecule has 0 heterocycles. The van der Waals surface area contributed by atoms with Crippen LogP contribution < -0.4 is 5.32 Å². The van der Waals surface area contributed by atoms with Gasteiger partial charge in [0.1, 0.15) is 6.10 Å². The van der Waals surface area contributed by atoms with E-state index in [0.717, 1.165) is 25.7 Å². The van der Waals surface area contributed by atoms with Crippen LogP contribution in [0, 0.1) is 0 Å². The predicted molar refractivity (Wildman–Crippen MR) is 190 cm³/mol. The summed E-state index contributed by atoms with van der Waals surface area (Å²) in [5.41, 5.74) is 0. The van der Waals surface area contributed by atoms with E-state index in [0.29, 0.717) is 19.3 Å². The summed E-state index contributed by atoms with van der Waals surface area (Å²) in [7, 11) is -4.42. The van der Waals surface area contributed by atoms with E-state index in [2.05, 4.69) is 31.3 Å². The van der Waals surface area contributed by atoms with E-state index in [-0.39, 0.29) is 6.42 Å². The zero-order valence-corrected chi connectivity index (χ0v) is 29.9. The number of aliphatic hydroxyl groups is 2. The van der Waals surface area contributed by atoms with Gasteiger partial charge in [0, 0.05) is 6.42 Å². The van der Waals surface area contributed by atoms with Crippen LogP contribution >= 0.6 is 0 Å². The van der Waals surface area contributed by atoms with E-state index >= 15 is 0 Å². The minimum Gasteiger partial charge on any atom is -0.391 e. The van der Waals surface area contributed by atoms with Crippen molar-refractivity contribution < 1.29 is 28.0 Å². The molecule has 1 amide bonds. The molecule has 0 saturated heterocycles. The highest BCUT2D eigenvalue weighted by Gasteiger charge is 2.28. The number of nitrogens with one attached hydrogen (secondary N) is 1. The Morgan fingerprint density at radius 3 is 1.51 bits per heavy atom. The topological polar surface area (TPSA) is 124 Å². The third-order valence-electron chi connectivity index (χ3n) is 8.53. The van der Waals surface area contributed by atoms with E-state index in [9.17, 15) is 28.0 Å². The quantitative estimate of drug-likeness (QED) is 0.0317. The maximum absolute atomic E-state index is 12.5. The lowest BCUT2D eigenvalue weighted by molar-refractivity contribution is -0.130. The molecule has 7 nitrogen and oxygen atoms in total. The molecule has 0 aromatic carbocycles. The predicted octanol–water partition coefficient (Wildman–Crippen LogP) is 9.38. The van der Waals surface area contributed by atoms with E-state index in [4.69, 9.17) is 0 Å². The van der Waals surface area contributed by atoms with Crippen molar-refractivity contribution in [3.8, 4) is 0 Å². The Labute approximate surface area is 277 Å². The molecule has 0 aromatic rings. The molecule has 0 aromatic heterocycles. The molecule has 3 unspecified atom stereocenters. The number of carbonyl (C=O) groups excluding carboxylic acids is 1. The van der Waals surface area contributed by atoms with Gasteiger partial charge in [0.15, 0.2) is 0 Å². The van der Waals surface area contributed by atoms with Crippen LogP contribution in [0.25, 0.3) is 0 Å². The molecule has 0 radical (unpaired) electrons. The van der Waals surface area contributed by atoms with Crippen molar-refractivity contribution in [2.24, 2.45) is 0 Å². The number of rotatable bonds is 33. The molecule has 0 saturated carbocycles. The lowest BCUT2D eigenvalue weighted by atomic mass is 10.0. The molecule has 45 heavy (non-hydrogen) atoms. The van der Waals surface area contributed by atoms with Crippen molar-refractivity contribution in [3.05, 3.63) is 24.3 Å². The van der Waals surface area contributed by atoms with Crippen LogP contribution in [0.2, 0.25) is 0 Å². The first kappa shape index (κ1) is 43.8. The lowest BCUT2D eigenvalue weighted by Gasteiger charge is -2.24. The average molecular weight is 658 g/mol. The molecule has 0 aliphatic heterocycles. The monoisotopic (exact) mass is 658 g/mol. The van der Waals surface area contributed by atoms with Crippen molar-refractivity contribution in [2.75, 3.05) is 5.75 Å². The highest BCUT2D eigenvalue weighted by atomic mass is 32.2. The lowest BCUT2D eigenvalue weighted by Crippen LogP contribution is -2.50. The molecular weight excluding hydrogens is 586 g/mol. The van der Waals surface area contributed by atoms with Crippen LogP contribution in [0.4, 0.5) is 0 Å². The summed E-state index contributed by atoms with van der Waals surface area (Å²) >= 11 is 0. The smallest absolute Gasteiger partial charge is 0.266 e. The van der Waals surface area contributed by atoms with Crippen molar-refractivity contribution in [1.82, 2.24) is 5.32 Å². The van der Waals surface area contributed by atoms with E-state index < -0.39 is 40.0 Å². The van der Waals surface area contributed by atoms with Gasteiger partial charge in [-0.05, 0) is 25.7 Å². The number of unbranched alkanes of at least 4 members (excludes halogenated alkanes) is 21. The molecule has 4 N–H and O–H groups in total. The molecule has 266 valence electrons. The fourth-order valence-electron chi connectivity index (χ4n) is 5.62. The molecule has 3 atom stereocenters. The number of amides is 1. The normalized spacial score (nSPS) is 14.3. The number of carbonyl (C=O) groups is 1. The van der Waals surface area contributed by atoms with Crippen LogP contribution in [-0.2, 0) is 14.9 Å². The second-order valence-corrected chi connectivity index (χ2v) is 14.5. The number of allylic oxidation sites excluding steroid dienone is 3. The number of hydrogen-bond acceptors (Lipinski definition) is 5. The Hall–Kier alpha value is -1.22. The van der Waals surface area contributed by atoms with Crippen molar-refractivity contribution in [3.63, 3.8) is 0 Å². The minimum atomic E-state index is -4.42. The Balaban J connectivity index is 4.12. The third-order valence-corrected chi connectivity index (χ3v) is 9.31. The summed E-state index contributed by atoms with van der Waals surface area (Å²) in [5.74, 6) is -1.54. The highest BCUT2D eigenvalue weighted by Crippen LogP contribution is 2.15. The molecule has 0 bridgehead atoms. The number of hydrogen-bond donors (Lipinski definition) is 4. The van der Waals surface area contributed by atoms with Gasteiger partial charge in [-0.1, -0.05) is 173 Å². The first-order valence-electron chi connectivity index (χ1n) is 18.6. The van der Waals surface area contributed by atoms with Gasteiger partial charge in [0.05, 0.1) is 17.9 Å². The van der Waals surface area contributed by atoms with Gasteiger partial charge in [-0.15, -0.1) is 0 Å². The zero-order chi connectivity index (χ0) is 33.4. The Bertz CT molecular complexity index is 829. The van der Waals surface area contributed by atoms with Gasteiger partial charge >= 0.3 is 0 Å². The SMILES string of the molecule is CCCCCCCC/C=C\C/C=C\CC(O)C(=O)NC(CS(=O)(=O)O)C(O)CCCCCCCCCCCCCCCCCC. The van der Waals surface area contributed by atoms with Crippen molar-refractivity contribution in [2.45, 2.75) is 199 Å². The van der Waals surface area contributed by atoms with Gasteiger partial charge in [0.25, 0.3) is 10.1 Å². The number of aliphatic hydroxyl groups excluding tert-OH is 2. The Morgan fingerprint density at radius 2 is 1.04 bits per heavy atom.